The van der Waals surface area contributed by atoms with Crippen molar-refractivity contribution in [3.05, 3.63) is 96.6 Å². The normalized spacial score (nSPS) is 11.9. The van der Waals surface area contributed by atoms with Crippen LogP contribution in [-0.2, 0) is 15.1 Å². The Morgan fingerprint density at radius 1 is 0.882 bits per heavy atom. The number of rotatable bonds is 11. The molecule has 0 heterocycles. The summed E-state index contributed by atoms with van der Waals surface area (Å²) >= 11 is 0.943. The van der Waals surface area contributed by atoms with Crippen LogP contribution >= 0.6 is 19.4 Å². The Morgan fingerprint density at radius 2 is 1.35 bits per heavy atom. The number of amides is 1. The van der Waals surface area contributed by atoms with Crippen LogP contribution in [-0.4, -0.2) is 33.5 Å². The Kier molecular flexibility index (Phi) is 9.19. The molecule has 0 radical (unpaired) electrons. The Labute approximate surface area is 203 Å². The zero-order valence-electron chi connectivity index (χ0n) is 18.7. The fourth-order valence-corrected chi connectivity index (χ4v) is 5.83. The fourth-order valence-electron chi connectivity index (χ4n) is 3.16. The molecule has 0 aliphatic carbocycles. The second kappa shape index (κ2) is 12.3. The van der Waals surface area contributed by atoms with Crippen LogP contribution in [0.4, 0.5) is 4.79 Å². The summed E-state index contributed by atoms with van der Waals surface area (Å²) in [5, 5.41) is 9.26. The van der Waals surface area contributed by atoms with Crippen LogP contribution in [0.25, 0.3) is 0 Å². The highest BCUT2D eigenvalue weighted by Gasteiger charge is 2.39. The first kappa shape index (κ1) is 25.4. The molecule has 0 saturated carbocycles. The van der Waals surface area contributed by atoms with Crippen molar-refractivity contribution in [2.75, 3.05) is 6.29 Å². The zero-order chi connectivity index (χ0) is 24.4. The van der Waals surface area contributed by atoms with E-state index in [1.807, 2.05) is 30.3 Å². The molecule has 3 rings (SSSR count). The Hall–Kier alpha value is -3.22. The second-order valence-electron chi connectivity index (χ2n) is 7.33. The Balaban J connectivity index is 1.89. The summed E-state index contributed by atoms with van der Waals surface area (Å²) in [5.74, 6) is -0.276. The summed E-state index contributed by atoms with van der Waals surface area (Å²) in [6.07, 6.45) is -0.397. The molecule has 1 N–H and O–H groups in total. The Morgan fingerprint density at radius 3 is 1.79 bits per heavy atom. The highest BCUT2D eigenvalue weighted by molar-refractivity contribution is 8.12. The number of carbonyl (C=O) groups is 2. The van der Waals surface area contributed by atoms with E-state index in [1.54, 1.807) is 67.6 Å². The van der Waals surface area contributed by atoms with Crippen molar-refractivity contribution in [1.82, 2.24) is 4.90 Å². The van der Waals surface area contributed by atoms with E-state index < -0.39 is 31.1 Å². The molecule has 0 aliphatic heterocycles. The van der Waals surface area contributed by atoms with Gasteiger partial charge < -0.3 is 19.1 Å². The summed E-state index contributed by atoms with van der Waals surface area (Å²) in [6, 6.07) is 25.0. The third-order valence-corrected chi connectivity index (χ3v) is 7.38. The van der Waals surface area contributed by atoms with Crippen molar-refractivity contribution in [2.45, 2.75) is 25.1 Å². The minimum Gasteiger partial charge on any atom is -0.480 e. The molecular weight excluding hydrogens is 473 g/mol. The first-order chi connectivity index (χ1) is 16.4. The van der Waals surface area contributed by atoms with Gasteiger partial charge in [0.15, 0.2) is 0 Å². The van der Waals surface area contributed by atoms with Gasteiger partial charge in [-0.1, -0.05) is 85.4 Å². The van der Waals surface area contributed by atoms with Crippen LogP contribution in [0, 0.1) is 0 Å². The zero-order valence-corrected chi connectivity index (χ0v) is 20.4. The van der Waals surface area contributed by atoms with Crippen LogP contribution in [0.3, 0.4) is 0 Å². The van der Waals surface area contributed by atoms with Gasteiger partial charge in [-0.15, -0.1) is 0 Å². The summed E-state index contributed by atoms with van der Waals surface area (Å²) in [7, 11) is -4.05. The Bertz CT molecular complexity index is 1070. The molecule has 9 heteroatoms. The SMILES string of the molecule is CCC(C(=O)O)N(CP(=O)(Oc1ccccc1)Oc1ccccc1)C(=O)SCc1ccccc1. The number of nitrogens with zero attached hydrogens (tertiary/aromatic N) is 1. The highest BCUT2D eigenvalue weighted by Crippen LogP contribution is 2.49. The molecule has 0 bridgehead atoms. The van der Waals surface area contributed by atoms with Gasteiger partial charge in [-0.3, -0.25) is 4.79 Å². The van der Waals surface area contributed by atoms with Gasteiger partial charge in [-0.25, -0.2) is 9.36 Å². The first-order valence-corrected chi connectivity index (χ1v) is 13.4. The summed E-state index contributed by atoms with van der Waals surface area (Å²) in [6.45, 7) is 1.65. The average Bonchev–Trinajstić information content (AvgIpc) is 2.84. The topological polar surface area (TPSA) is 93.1 Å². The number of para-hydroxylation sites is 2. The number of carbonyl (C=O) groups excluding carboxylic acids is 1. The largest absolute Gasteiger partial charge is 0.480 e. The van der Waals surface area contributed by atoms with Crippen LogP contribution in [0.1, 0.15) is 18.9 Å². The standard InChI is InChI=1S/C25H26NO6PS/c1-2-23(24(27)28)26(25(29)34-18-20-12-6-3-7-13-20)19-33(30,31-21-14-8-4-9-15-21)32-22-16-10-5-11-17-22/h3-17,23H,2,18-19H2,1H3,(H,27,28). The van der Waals surface area contributed by atoms with Gasteiger partial charge in [0.2, 0.25) is 0 Å². The van der Waals surface area contributed by atoms with Crippen LogP contribution in [0.5, 0.6) is 11.5 Å². The predicted octanol–water partition coefficient (Wildman–Crippen LogP) is 6.51. The number of hydrogen-bond donors (Lipinski definition) is 1. The molecule has 0 aromatic heterocycles. The van der Waals surface area contributed by atoms with E-state index in [-0.39, 0.29) is 17.9 Å². The van der Waals surface area contributed by atoms with E-state index in [2.05, 4.69) is 0 Å². The number of carboxylic acid groups (broad SMARTS) is 1. The molecule has 0 aliphatic rings. The lowest BCUT2D eigenvalue weighted by Gasteiger charge is -2.31. The van der Waals surface area contributed by atoms with Crippen molar-refractivity contribution in [3.63, 3.8) is 0 Å². The molecule has 0 fully saturated rings. The molecule has 178 valence electrons. The van der Waals surface area contributed by atoms with Crippen molar-refractivity contribution in [2.24, 2.45) is 0 Å². The number of hydrogen-bond acceptors (Lipinski definition) is 6. The minimum absolute atomic E-state index is 0.129. The lowest BCUT2D eigenvalue weighted by Crippen LogP contribution is -2.44. The van der Waals surface area contributed by atoms with Crippen LogP contribution < -0.4 is 9.05 Å². The van der Waals surface area contributed by atoms with Crippen molar-refractivity contribution in [3.8, 4) is 11.5 Å². The van der Waals surface area contributed by atoms with E-state index in [4.69, 9.17) is 9.05 Å². The monoisotopic (exact) mass is 499 g/mol. The van der Waals surface area contributed by atoms with Crippen molar-refractivity contribution >= 4 is 30.6 Å². The van der Waals surface area contributed by atoms with Gasteiger partial charge >= 0.3 is 13.6 Å². The van der Waals surface area contributed by atoms with Crippen LogP contribution in [0.2, 0.25) is 0 Å². The van der Waals surface area contributed by atoms with E-state index >= 15 is 0 Å². The van der Waals surface area contributed by atoms with Gasteiger partial charge in [0, 0.05) is 5.75 Å². The second-order valence-corrected chi connectivity index (χ2v) is 10.1. The summed E-state index contributed by atoms with van der Waals surface area (Å²) in [5.41, 5.74) is 0.911. The fraction of sp³-hybridized carbons (Fsp3) is 0.200. The van der Waals surface area contributed by atoms with Gasteiger partial charge in [-0.05, 0) is 36.2 Å². The third-order valence-electron chi connectivity index (χ3n) is 4.79. The van der Waals surface area contributed by atoms with Gasteiger partial charge in [0.05, 0.1) is 0 Å². The third kappa shape index (κ3) is 7.40. The summed E-state index contributed by atoms with van der Waals surface area (Å²) in [4.78, 5) is 26.2. The molecule has 7 nitrogen and oxygen atoms in total. The molecular formula is C25H26NO6PS. The van der Waals surface area contributed by atoms with Crippen molar-refractivity contribution in [1.29, 1.82) is 0 Å². The van der Waals surface area contributed by atoms with Gasteiger partial charge in [0.25, 0.3) is 5.24 Å². The quantitative estimate of drug-likeness (QED) is 0.301. The molecule has 34 heavy (non-hydrogen) atoms. The van der Waals surface area contributed by atoms with E-state index in [0.29, 0.717) is 5.75 Å². The van der Waals surface area contributed by atoms with Gasteiger partial charge in [-0.2, -0.15) is 0 Å². The minimum atomic E-state index is -4.05. The summed E-state index contributed by atoms with van der Waals surface area (Å²) < 4.78 is 25.5. The smallest absolute Gasteiger partial charge is 0.450 e. The number of aliphatic carboxylic acids is 1. The first-order valence-electron chi connectivity index (χ1n) is 10.7. The van der Waals surface area contributed by atoms with E-state index in [0.717, 1.165) is 22.2 Å². The predicted molar refractivity (Wildman–Crippen MR) is 133 cm³/mol. The van der Waals surface area contributed by atoms with Crippen molar-refractivity contribution < 1.29 is 28.3 Å². The highest BCUT2D eigenvalue weighted by atomic mass is 32.2. The maximum atomic E-state index is 13.9. The lowest BCUT2D eigenvalue weighted by molar-refractivity contribution is -0.141. The number of benzene rings is 3. The lowest BCUT2D eigenvalue weighted by atomic mass is 10.2. The molecule has 3 aromatic rings. The van der Waals surface area contributed by atoms with E-state index in [9.17, 15) is 19.3 Å². The molecule has 3 aromatic carbocycles. The molecule has 0 saturated heterocycles. The molecule has 1 amide bonds. The maximum absolute atomic E-state index is 13.9. The van der Waals surface area contributed by atoms with E-state index in [1.165, 1.54) is 0 Å². The molecule has 0 spiro atoms. The molecule has 1 unspecified atom stereocenters. The van der Waals surface area contributed by atoms with Gasteiger partial charge in [0.1, 0.15) is 23.8 Å². The average molecular weight is 500 g/mol. The van der Waals surface area contributed by atoms with Crippen LogP contribution in [0.15, 0.2) is 91.0 Å². The number of carboxylic acids is 1. The number of thioether (sulfide) groups is 1. The molecule has 1 atom stereocenters. The maximum Gasteiger partial charge on any atom is 0.450 e.